The minimum absolute atomic E-state index is 0.212. The molecular weight excluding hydrogens is 371 g/mol. The number of rotatable bonds is 4. The lowest BCUT2D eigenvalue weighted by Gasteiger charge is -2.06. The standard InChI is InChI=1S/C12H6Cl2N2O6S/c13-9-3-1-8(6-12(9)16(19)20)23(21,22)7-2-4-11(15(17)18)10(14)5-7/h1-6H. The van der Waals surface area contributed by atoms with Crippen molar-refractivity contribution in [2.75, 3.05) is 0 Å². The molecule has 0 saturated carbocycles. The fourth-order valence-corrected chi connectivity index (χ4v) is 3.55. The van der Waals surface area contributed by atoms with E-state index in [0.29, 0.717) is 0 Å². The van der Waals surface area contributed by atoms with Gasteiger partial charge in [-0.05, 0) is 24.3 Å². The van der Waals surface area contributed by atoms with Gasteiger partial charge in [-0.2, -0.15) is 0 Å². The molecule has 2 aromatic carbocycles. The summed E-state index contributed by atoms with van der Waals surface area (Å²) in [6.45, 7) is 0. The number of benzene rings is 2. The van der Waals surface area contributed by atoms with Crippen molar-refractivity contribution < 1.29 is 18.3 Å². The Hall–Kier alpha value is -2.23. The van der Waals surface area contributed by atoms with Crippen LogP contribution in [0.4, 0.5) is 11.4 Å². The second-order valence-corrected chi connectivity index (χ2v) is 7.01. The van der Waals surface area contributed by atoms with Crippen LogP contribution in [0.5, 0.6) is 0 Å². The van der Waals surface area contributed by atoms with E-state index in [-0.39, 0.29) is 19.8 Å². The van der Waals surface area contributed by atoms with Gasteiger partial charge in [0.25, 0.3) is 11.4 Å². The lowest BCUT2D eigenvalue weighted by Crippen LogP contribution is -2.03. The number of nitro groups is 2. The van der Waals surface area contributed by atoms with Crippen LogP contribution in [0.3, 0.4) is 0 Å². The summed E-state index contributed by atoms with van der Waals surface area (Å²) in [7, 11) is -4.15. The molecule has 0 N–H and O–H groups in total. The maximum Gasteiger partial charge on any atom is 0.289 e. The van der Waals surface area contributed by atoms with Crippen LogP contribution in [0.2, 0.25) is 10.0 Å². The van der Waals surface area contributed by atoms with Crippen LogP contribution in [0.15, 0.2) is 46.2 Å². The molecule has 2 rings (SSSR count). The van der Waals surface area contributed by atoms with Crippen LogP contribution in [0, 0.1) is 20.2 Å². The highest BCUT2D eigenvalue weighted by Crippen LogP contribution is 2.33. The average Bonchev–Trinajstić information content (AvgIpc) is 2.46. The Morgan fingerprint density at radius 1 is 0.783 bits per heavy atom. The quantitative estimate of drug-likeness (QED) is 0.592. The topological polar surface area (TPSA) is 120 Å². The first-order valence-corrected chi connectivity index (χ1v) is 8.01. The van der Waals surface area contributed by atoms with Crippen LogP contribution >= 0.6 is 23.2 Å². The van der Waals surface area contributed by atoms with Gasteiger partial charge >= 0.3 is 0 Å². The van der Waals surface area contributed by atoms with E-state index in [9.17, 15) is 28.6 Å². The van der Waals surface area contributed by atoms with Crippen LogP contribution in [0.25, 0.3) is 0 Å². The predicted octanol–water partition coefficient (Wildman–Crippen LogP) is 3.64. The normalized spacial score (nSPS) is 11.2. The van der Waals surface area contributed by atoms with E-state index in [1.54, 1.807) is 0 Å². The number of nitrogens with zero attached hydrogens (tertiary/aromatic N) is 2. The molecule has 8 nitrogen and oxygen atoms in total. The average molecular weight is 377 g/mol. The molecule has 0 fully saturated rings. The van der Waals surface area contributed by atoms with Gasteiger partial charge in [-0.1, -0.05) is 23.2 Å². The molecule has 0 unspecified atom stereocenters. The zero-order valence-corrected chi connectivity index (χ0v) is 13.3. The summed E-state index contributed by atoms with van der Waals surface area (Å²) in [6.07, 6.45) is 0. The maximum atomic E-state index is 12.5. The first kappa shape index (κ1) is 17.1. The summed E-state index contributed by atoms with van der Waals surface area (Å²) < 4.78 is 24.9. The fourth-order valence-electron chi connectivity index (χ4n) is 1.74. The van der Waals surface area contributed by atoms with E-state index in [1.807, 2.05) is 0 Å². The third-order valence-corrected chi connectivity index (χ3v) is 5.22. The van der Waals surface area contributed by atoms with E-state index >= 15 is 0 Å². The van der Waals surface area contributed by atoms with Gasteiger partial charge in [-0.3, -0.25) is 20.2 Å². The summed E-state index contributed by atoms with van der Waals surface area (Å²) in [5.74, 6) is 0. The van der Waals surface area contributed by atoms with E-state index < -0.39 is 31.1 Å². The number of halogens is 2. The molecule has 0 aliphatic heterocycles. The summed E-state index contributed by atoms with van der Waals surface area (Å²) in [4.78, 5) is 19.3. The SMILES string of the molecule is O=[N+]([O-])c1ccc(S(=O)(=O)c2ccc(Cl)c([N+](=O)[O-])c2)cc1Cl. The molecule has 0 amide bonds. The van der Waals surface area contributed by atoms with Gasteiger partial charge in [0.1, 0.15) is 10.0 Å². The van der Waals surface area contributed by atoms with Gasteiger partial charge in [-0.25, -0.2) is 8.42 Å². The van der Waals surface area contributed by atoms with E-state index in [0.717, 1.165) is 36.4 Å². The van der Waals surface area contributed by atoms with Gasteiger partial charge in [0, 0.05) is 12.1 Å². The van der Waals surface area contributed by atoms with Gasteiger partial charge < -0.3 is 0 Å². The highest BCUT2D eigenvalue weighted by atomic mass is 35.5. The Labute approximate surface area is 139 Å². The lowest BCUT2D eigenvalue weighted by atomic mass is 10.3. The monoisotopic (exact) mass is 376 g/mol. The summed E-state index contributed by atoms with van der Waals surface area (Å²) >= 11 is 11.3. The van der Waals surface area contributed by atoms with Crippen LogP contribution in [0.1, 0.15) is 0 Å². The van der Waals surface area contributed by atoms with Crippen molar-refractivity contribution in [2.45, 2.75) is 9.79 Å². The van der Waals surface area contributed by atoms with E-state index in [1.165, 1.54) is 0 Å². The summed E-state index contributed by atoms with van der Waals surface area (Å²) in [6, 6.07) is 5.85. The lowest BCUT2D eigenvalue weighted by molar-refractivity contribution is -0.385. The second-order valence-electron chi connectivity index (χ2n) is 4.24. The zero-order valence-electron chi connectivity index (χ0n) is 11.0. The minimum Gasteiger partial charge on any atom is -0.258 e. The molecule has 0 bridgehead atoms. The first-order valence-electron chi connectivity index (χ1n) is 5.77. The van der Waals surface area contributed by atoms with Gasteiger partial charge in [0.2, 0.25) is 9.84 Å². The molecule has 11 heteroatoms. The van der Waals surface area contributed by atoms with Crippen LogP contribution < -0.4 is 0 Å². The van der Waals surface area contributed by atoms with Crippen LogP contribution in [-0.4, -0.2) is 18.3 Å². The molecule has 2 aromatic rings. The smallest absolute Gasteiger partial charge is 0.258 e. The molecule has 0 heterocycles. The largest absolute Gasteiger partial charge is 0.289 e. The van der Waals surface area contributed by atoms with Crippen molar-refractivity contribution in [3.05, 3.63) is 66.7 Å². The van der Waals surface area contributed by atoms with E-state index in [2.05, 4.69) is 0 Å². The molecule has 0 saturated heterocycles. The molecule has 0 radical (unpaired) electrons. The second kappa shape index (κ2) is 6.11. The molecule has 0 aliphatic carbocycles. The number of sulfone groups is 1. The predicted molar refractivity (Wildman–Crippen MR) is 81.7 cm³/mol. The van der Waals surface area contributed by atoms with Gasteiger partial charge in [-0.15, -0.1) is 0 Å². The Kier molecular flexibility index (Phi) is 4.55. The first-order chi connectivity index (χ1) is 10.6. The molecule has 23 heavy (non-hydrogen) atoms. The molecular formula is C12H6Cl2N2O6S. The van der Waals surface area contributed by atoms with Crippen LogP contribution in [-0.2, 0) is 9.84 Å². The number of hydrogen-bond donors (Lipinski definition) is 0. The Balaban J connectivity index is 2.59. The van der Waals surface area contributed by atoms with Crippen molar-refractivity contribution in [1.82, 2.24) is 0 Å². The molecule has 120 valence electrons. The van der Waals surface area contributed by atoms with Crippen molar-refractivity contribution in [1.29, 1.82) is 0 Å². The minimum atomic E-state index is -4.15. The Morgan fingerprint density at radius 2 is 1.30 bits per heavy atom. The zero-order chi connectivity index (χ0) is 17.4. The molecule has 0 aromatic heterocycles. The third kappa shape index (κ3) is 3.26. The fraction of sp³-hybridized carbons (Fsp3) is 0. The number of nitro benzene ring substituents is 2. The van der Waals surface area contributed by atoms with Crippen molar-refractivity contribution in [3.8, 4) is 0 Å². The van der Waals surface area contributed by atoms with Gasteiger partial charge in [0.15, 0.2) is 0 Å². The Bertz CT molecular complexity index is 929. The molecule has 0 aliphatic rings. The number of hydrogen-bond acceptors (Lipinski definition) is 6. The Morgan fingerprint density at radius 3 is 1.83 bits per heavy atom. The highest BCUT2D eigenvalue weighted by Gasteiger charge is 2.24. The molecule has 0 atom stereocenters. The van der Waals surface area contributed by atoms with Crippen molar-refractivity contribution >= 4 is 44.4 Å². The van der Waals surface area contributed by atoms with E-state index in [4.69, 9.17) is 23.2 Å². The van der Waals surface area contributed by atoms with Crippen molar-refractivity contribution in [3.63, 3.8) is 0 Å². The summed E-state index contributed by atoms with van der Waals surface area (Å²) in [5.41, 5.74) is -1.02. The summed E-state index contributed by atoms with van der Waals surface area (Å²) in [5, 5.41) is 21.0. The molecule has 0 spiro atoms. The van der Waals surface area contributed by atoms with Crippen molar-refractivity contribution in [2.24, 2.45) is 0 Å². The maximum absolute atomic E-state index is 12.5. The van der Waals surface area contributed by atoms with Gasteiger partial charge in [0.05, 0.1) is 19.6 Å². The third-order valence-electron chi connectivity index (χ3n) is 2.85. The highest BCUT2D eigenvalue weighted by molar-refractivity contribution is 7.91.